The molecule has 1 amide bonds. The number of carbonyl (C=O) groups excluding carboxylic acids is 3. The predicted molar refractivity (Wildman–Crippen MR) is 135 cm³/mol. The van der Waals surface area contributed by atoms with Crippen LogP contribution in [0.3, 0.4) is 0 Å². The maximum atomic E-state index is 12.9. The molecule has 0 aliphatic rings. The lowest BCUT2D eigenvalue weighted by atomic mass is 10.2. The molecule has 10 nitrogen and oxygen atoms in total. The molecule has 206 valence electrons. The van der Waals surface area contributed by atoms with E-state index < -0.39 is 11.9 Å². The molecule has 1 aromatic heterocycles. The molecule has 0 spiro atoms. The van der Waals surface area contributed by atoms with Gasteiger partial charge in [0.25, 0.3) is 5.91 Å². The molecule has 1 atom stereocenters. The normalized spacial score (nSPS) is 10.4. The van der Waals surface area contributed by atoms with E-state index in [9.17, 15) is 18.8 Å². The standard InChI is InChI=1S/C13H17FO3.C10H12N2O5.C3H8/c1-4-13(15)16-8-10(3)17-12-6-5-11(14)7-9(12)2;1-6(13)16-5-17-9-7(15-2)3-4-12-8(9)10(11)14;1-3-2/h5-7,10H,4,8H2,1-3H3;3-4H,5H2,1-2H3,(H2,11,14);3H2,1-2H3. The average molecular weight is 525 g/mol. The topological polar surface area (TPSA) is 136 Å². The lowest BCUT2D eigenvalue weighted by Gasteiger charge is -2.16. The highest BCUT2D eigenvalue weighted by Crippen LogP contribution is 2.29. The lowest BCUT2D eigenvalue weighted by molar-refractivity contribution is -0.147. The van der Waals surface area contributed by atoms with Crippen molar-refractivity contribution < 1.29 is 42.5 Å². The Balaban J connectivity index is 0.000000633. The summed E-state index contributed by atoms with van der Waals surface area (Å²) in [5.41, 5.74) is 5.76. The molecule has 0 aliphatic carbocycles. The molecule has 0 bridgehead atoms. The van der Waals surface area contributed by atoms with Crippen LogP contribution in [0.4, 0.5) is 4.39 Å². The third kappa shape index (κ3) is 13.7. The van der Waals surface area contributed by atoms with E-state index in [1.165, 1.54) is 44.9 Å². The van der Waals surface area contributed by atoms with E-state index in [1.807, 2.05) is 0 Å². The number of methoxy groups -OCH3 is 1. The number of aromatic nitrogens is 1. The molecule has 2 rings (SSSR count). The number of aryl methyl sites for hydroxylation is 1. The predicted octanol–water partition coefficient (Wildman–Crippen LogP) is 4.36. The number of hydrogen-bond acceptors (Lipinski definition) is 9. The highest BCUT2D eigenvalue weighted by Gasteiger charge is 2.17. The third-order valence-corrected chi connectivity index (χ3v) is 4.02. The zero-order valence-electron chi connectivity index (χ0n) is 22.5. The lowest BCUT2D eigenvalue weighted by Crippen LogP contribution is -2.21. The molecule has 0 saturated carbocycles. The minimum Gasteiger partial charge on any atom is -0.493 e. The Labute approximate surface area is 217 Å². The van der Waals surface area contributed by atoms with Crippen LogP contribution in [-0.4, -0.2) is 49.4 Å². The fourth-order valence-corrected chi connectivity index (χ4v) is 2.39. The monoisotopic (exact) mass is 524 g/mol. The fraction of sp³-hybridized carbons (Fsp3) is 0.462. The number of ether oxygens (including phenoxy) is 5. The fourth-order valence-electron chi connectivity index (χ4n) is 2.39. The number of halogens is 1. The van der Waals surface area contributed by atoms with Gasteiger partial charge in [-0.25, -0.2) is 9.37 Å². The van der Waals surface area contributed by atoms with E-state index in [0.717, 1.165) is 5.56 Å². The van der Waals surface area contributed by atoms with Crippen LogP contribution in [0.25, 0.3) is 0 Å². The van der Waals surface area contributed by atoms with Crippen molar-refractivity contribution in [3.8, 4) is 17.2 Å². The van der Waals surface area contributed by atoms with Crippen LogP contribution in [0.5, 0.6) is 17.2 Å². The van der Waals surface area contributed by atoms with Crippen molar-refractivity contribution in [3.05, 3.63) is 47.5 Å². The molecule has 11 heteroatoms. The summed E-state index contributed by atoms with van der Waals surface area (Å²) in [4.78, 5) is 36.4. The van der Waals surface area contributed by atoms with E-state index in [4.69, 9.17) is 24.7 Å². The van der Waals surface area contributed by atoms with Crippen molar-refractivity contribution in [2.24, 2.45) is 5.73 Å². The van der Waals surface area contributed by atoms with Gasteiger partial charge in [-0.2, -0.15) is 0 Å². The number of primary amides is 1. The molecule has 1 unspecified atom stereocenters. The van der Waals surface area contributed by atoms with Gasteiger partial charge in [0, 0.05) is 25.6 Å². The molecule has 1 aromatic carbocycles. The second kappa shape index (κ2) is 18.4. The summed E-state index contributed by atoms with van der Waals surface area (Å²) in [5.74, 6) is -0.887. The van der Waals surface area contributed by atoms with Crippen molar-refractivity contribution in [2.45, 2.75) is 60.5 Å². The first kappa shape index (κ1) is 33.1. The minimum atomic E-state index is -0.762. The van der Waals surface area contributed by atoms with E-state index in [0.29, 0.717) is 12.2 Å². The number of hydrogen-bond donors (Lipinski definition) is 1. The van der Waals surface area contributed by atoms with Crippen LogP contribution in [0.1, 0.15) is 63.5 Å². The summed E-state index contributed by atoms with van der Waals surface area (Å²) in [6.45, 7) is 10.6. The zero-order chi connectivity index (χ0) is 28.4. The highest BCUT2D eigenvalue weighted by atomic mass is 19.1. The number of nitrogens with two attached hydrogens (primary N) is 1. The van der Waals surface area contributed by atoms with Crippen LogP contribution in [0.2, 0.25) is 0 Å². The van der Waals surface area contributed by atoms with Crippen molar-refractivity contribution >= 4 is 17.8 Å². The molecule has 2 N–H and O–H groups in total. The first-order valence-electron chi connectivity index (χ1n) is 11.7. The molecular formula is C26H37FN2O8. The van der Waals surface area contributed by atoms with Gasteiger partial charge < -0.3 is 29.4 Å². The third-order valence-electron chi connectivity index (χ3n) is 4.02. The van der Waals surface area contributed by atoms with Crippen molar-refractivity contribution in [2.75, 3.05) is 20.5 Å². The molecule has 37 heavy (non-hydrogen) atoms. The van der Waals surface area contributed by atoms with E-state index in [1.54, 1.807) is 26.8 Å². The van der Waals surface area contributed by atoms with E-state index >= 15 is 0 Å². The molecule has 2 aromatic rings. The van der Waals surface area contributed by atoms with Crippen LogP contribution in [0.15, 0.2) is 30.5 Å². The van der Waals surface area contributed by atoms with Gasteiger partial charge in [0.2, 0.25) is 6.79 Å². The number of amides is 1. The maximum absolute atomic E-state index is 12.9. The number of carbonyl (C=O) groups is 3. The second-order valence-corrected chi connectivity index (χ2v) is 7.54. The number of rotatable bonds is 10. The Morgan fingerprint density at radius 1 is 1.08 bits per heavy atom. The van der Waals surface area contributed by atoms with Gasteiger partial charge in [-0.3, -0.25) is 14.4 Å². The second-order valence-electron chi connectivity index (χ2n) is 7.54. The highest BCUT2D eigenvalue weighted by molar-refractivity contribution is 5.94. The Morgan fingerprint density at radius 3 is 2.24 bits per heavy atom. The minimum absolute atomic E-state index is 0.0451. The Kier molecular flexibility index (Phi) is 16.5. The van der Waals surface area contributed by atoms with Gasteiger partial charge in [0.15, 0.2) is 17.2 Å². The van der Waals surface area contributed by atoms with Gasteiger partial charge in [0.05, 0.1) is 7.11 Å². The first-order chi connectivity index (χ1) is 17.5. The summed E-state index contributed by atoms with van der Waals surface area (Å²) in [6, 6.07) is 5.81. The molecule has 1 heterocycles. The Hall–Kier alpha value is -3.89. The van der Waals surface area contributed by atoms with Gasteiger partial charge in [0.1, 0.15) is 24.3 Å². The van der Waals surface area contributed by atoms with Crippen LogP contribution >= 0.6 is 0 Å². The summed E-state index contributed by atoms with van der Waals surface area (Å²) < 4.78 is 38.0. The summed E-state index contributed by atoms with van der Waals surface area (Å²) >= 11 is 0. The average Bonchev–Trinajstić information content (AvgIpc) is 2.84. The molecular weight excluding hydrogens is 487 g/mol. The van der Waals surface area contributed by atoms with Crippen LogP contribution in [-0.2, 0) is 19.1 Å². The smallest absolute Gasteiger partial charge is 0.305 e. The number of pyridine rings is 1. The van der Waals surface area contributed by atoms with Crippen molar-refractivity contribution in [1.82, 2.24) is 4.98 Å². The van der Waals surface area contributed by atoms with Crippen LogP contribution < -0.4 is 19.9 Å². The largest absolute Gasteiger partial charge is 0.493 e. The number of benzene rings is 1. The van der Waals surface area contributed by atoms with Gasteiger partial charge in [-0.15, -0.1) is 0 Å². The molecule has 0 aliphatic heterocycles. The van der Waals surface area contributed by atoms with E-state index in [2.05, 4.69) is 23.6 Å². The summed E-state index contributed by atoms with van der Waals surface area (Å²) in [6.07, 6.45) is 2.70. The summed E-state index contributed by atoms with van der Waals surface area (Å²) in [5, 5.41) is 0. The van der Waals surface area contributed by atoms with Crippen LogP contribution in [0, 0.1) is 12.7 Å². The van der Waals surface area contributed by atoms with Crippen molar-refractivity contribution in [3.63, 3.8) is 0 Å². The Bertz CT molecular complexity index is 1000. The van der Waals surface area contributed by atoms with Crippen molar-refractivity contribution in [1.29, 1.82) is 0 Å². The molecule has 0 fully saturated rings. The molecule has 0 saturated heterocycles. The van der Waals surface area contributed by atoms with Gasteiger partial charge in [-0.05, 0) is 37.6 Å². The summed E-state index contributed by atoms with van der Waals surface area (Å²) in [7, 11) is 1.40. The zero-order valence-corrected chi connectivity index (χ0v) is 22.5. The first-order valence-corrected chi connectivity index (χ1v) is 11.7. The van der Waals surface area contributed by atoms with Gasteiger partial charge in [-0.1, -0.05) is 27.2 Å². The SMILES string of the molecule is CCC.CCC(=O)OCC(C)Oc1ccc(F)cc1C.COc1ccnc(C(N)=O)c1OCOC(C)=O. The maximum Gasteiger partial charge on any atom is 0.305 e. The number of nitrogens with zero attached hydrogens (tertiary/aromatic N) is 1. The number of esters is 2. The Morgan fingerprint density at radius 2 is 1.73 bits per heavy atom. The quantitative estimate of drug-likeness (QED) is 0.355. The van der Waals surface area contributed by atoms with E-state index in [-0.39, 0.29) is 48.5 Å². The molecule has 0 radical (unpaired) electrons. The van der Waals surface area contributed by atoms with Gasteiger partial charge >= 0.3 is 11.9 Å².